The Morgan fingerprint density at radius 1 is 1.35 bits per heavy atom. The lowest BCUT2D eigenvalue weighted by atomic mass is 9.78. The Morgan fingerprint density at radius 2 is 2.05 bits per heavy atom. The average Bonchev–Trinajstić information content (AvgIpc) is 2.79. The van der Waals surface area contributed by atoms with Gasteiger partial charge in [-0.25, -0.2) is 4.98 Å². The molecule has 0 unspecified atom stereocenters. The number of aromatic nitrogens is 2. The first-order chi connectivity index (χ1) is 9.63. The lowest BCUT2D eigenvalue weighted by molar-refractivity contribution is 0.285. The number of nitrogens with zero attached hydrogens (tertiary/aromatic N) is 2. The van der Waals surface area contributed by atoms with E-state index in [2.05, 4.69) is 36.0 Å². The minimum Gasteiger partial charge on any atom is -0.349 e. The normalized spacial score (nSPS) is 26.9. The van der Waals surface area contributed by atoms with E-state index in [1.807, 2.05) is 12.1 Å². The van der Waals surface area contributed by atoms with Gasteiger partial charge in [-0.1, -0.05) is 19.1 Å². The van der Waals surface area contributed by atoms with Gasteiger partial charge in [-0.05, 0) is 43.7 Å². The van der Waals surface area contributed by atoms with Crippen molar-refractivity contribution in [2.75, 3.05) is 11.2 Å². The molecular weight excluding hydrogens is 270 g/mol. The van der Waals surface area contributed by atoms with Crippen molar-refractivity contribution in [3.63, 3.8) is 0 Å². The van der Waals surface area contributed by atoms with Crippen LogP contribution in [0.1, 0.15) is 32.6 Å². The van der Waals surface area contributed by atoms with Crippen molar-refractivity contribution in [3.8, 4) is 0 Å². The summed E-state index contributed by atoms with van der Waals surface area (Å²) in [6.07, 6.45) is 4.73. The predicted octanol–water partition coefficient (Wildman–Crippen LogP) is 4.17. The summed E-state index contributed by atoms with van der Waals surface area (Å²) in [7, 11) is 2.06. The minimum atomic E-state index is 0.00318. The van der Waals surface area contributed by atoms with Crippen molar-refractivity contribution in [2.45, 2.75) is 38.1 Å². The van der Waals surface area contributed by atoms with Crippen LogP contribution in [0.2, 0.25) is 0 Å². The van der Waals surface area contributed by atoms with E-state index in [0.29, 0.717) is 5.88 Å². The average molecular weight is 292 g/mol. The van der Waals surface area contributed by atoms with E-state index in [1.54, 1.807) is 0 Å². The van der Waals surface area contributed by atoms with Crippen molar-refractivity contribution in [1.82, 2.24) is 9.55 Å². The Hall–Kier alpha value is -1.22. The van der Waals surface area contributed by atoms with Gasteiger partial charge >= 0.3 is 0 Å². The van der Waals surface area contributed by atoms with E-state index in [0.717, 1.165) is 35.7 Å². The number of hydrogen-bond acceptors (Lipinski definition) is 2. The minimum absolute atomic E-state index is 0.00318. The third-order valence-electron chi connectivity index (χ3n) is 4.65. The third-order valence-corrected chi connectivity index (χ3v) is 5.16. The van der Waals surface area contributed by atoms with Gasteiger partial charge in [-0.3, -0.25) is 0 Å². The highest BCUT2D eigenvalue weighted by molar-refractivity contribution is 6.18. The highest BCUT2D eigenvalue weighted by Crippen LogP contribution is 2.35. The van der Waals surface area contributed by atoms with Crippen molar-refractivity contribution < 1.29 is 0 Å². The van der Waals surface area contributed by atoms with E-state index >= 15 is 0 Å². The third kappa shape index (κ3) is 2.39. The van der Waals surface area contributed by atoms with Crippen LogP contribution in [0.3, 0.4) is 0 Å². The molecule has 1 aliphatic carbocycles. The fourth-order valence-corrected chi connectivity index (χ4v) is 3.44. The van der Waals surface area contributed by atoms with Crippen LogP contribution in [0.4, 0.5) is 5.95 Å². The van der Waals surface area contributed by atoms with Gasteiger partial charge in [-0.2, -0.15) is 0 Å². The number of anilines is 1. The lowest BCUT2D eigenvalue weighted by Gasteiger charge is -2.39. The summed E-state index contributed by atoms with van der Waals surface area (Å²) in [6, 6.07) is 8.23. The second kappa shape index (κ2) is 5.28. The van der Waals surface area contributed by atoms with Gasteiger partial charge in [0, 0.05) is 12.9 Å². The number of hydrogen-bond donors (Lipinski definition) is 1. The molecule has 3 nitrogen and oxygen atoms in total. The first-order valence-corrected chi connectivity index (χ1v) is 7.93. The maximum atomic E-state index is 6.29. The Labute approximate surface area is 125 Å². The molecule has 1 fully saturated rings. The van der Waals surface area contributed by atoms with Crippen LogP contribution in [-0.4, -0.2) is 21.0 Å². The van der Waals surface area contributed by atoms with Crippen molar-refractivity contribution in [3.05, 3.63) is 24.3 Å². The molecule has 108 valence electrons. The van der Waals surface area contributed by atoms with E-state index in [1.165, 1.54) is 12.8 Å². The summed E-state index contributed by atoms with van der Waals surface area (Å²) in [5.41, 5.74) is 2.19. The van der Waals surface area contributed by atoms with Crippen LogP contribution in [0.25, 0.3) is 11.0 Å². The topological polar surface area (TPSA) is 29.9 Å². The van der Waals surface area contributed by atoms with Gasteiger partial charge in [0.2, 0.25) is 5.95 Å². The van der Waals surface area contributed by atoms with Gasteiger partial charge in [0.15, 0.2) is 0 Å². The summed E-state index contributed by atoms with van der Waals surface area (Å²) in [4.78, 5) is 4.71. The van der Waals surface area contributed by atoms with Gasteiger partial charge in [-0.15, -0.1) is 11.6 Å². The van der Waals surface area contributed by atoms with Gasteiger partial charge in [0.1, 0.15) is 0 Å². The number of aryl methyl sites for hydroxylation is 1. The molecule has 1 aromatic carbocycles. The molecular formula is C16H22ClN3. The van der Waals surface area contributed by atoms with Crippen LogP contribution in [0, 0.1) is 5.92 Å². The Morgan fingerprint density at radius 3 is 2.70 bits per heavy atom. The number of benzene rings is 1. The van der Waals surface area contributed by atoms with Crippen LogP contribution in [0.15, 0.2) is 24.3 Å². The second-order valence-corrected chi connectivity index (χ2v) is 6.47. The number of rotatable bonds is 3. The summed E-state index contributed by atoms with van der Waals surface area (Å²) in [5, 5.41) is 3.64. The van der Waals surface area contributed by atoms with Crippen LogP contribution in [0.5, 0.6) is 0 Å². The molecule has 0 amide bonds. The fraction of sp³-hybridized carbons (Fsp3) is 0.562. The van der Waals surface area contributed by atoms with Crippen molar-refractivity contribution >= 4 is 28.6 Å². The zero-order chi connectivity index (χ0) is 14.2. The largest absolute Gasteiger partial charge is 0.349 e. The molecule has 0 bridgehead atoms. The molecule has 0 spiro atoms. The van der Waals surface area contributed by atoms with Gasteiger partial charge in [0.25, 0.3) is 0 Å². The van der Waals surface area contributed by atoms with Crippen molar-refractivity contribution in [1.29, 1.82) is 0 Å². The molecule has 4 heteroatoms. The molecule has 0 atom stereocenters. The zero-order valence-electron chi connectivity index (χ0n) is 12.2. The lowest BCUT2D eigenvalue weighted by Crippen LogP contribution is -2.44. The number of para-hydroxylation sites is 2. The molecule has 3 rings (SSSR count). The molecule has 1 heterocycles. The number of fused-ring (bicyclic) bond motifs is 1. The molecule has 1 aromatic heterocycles. The molecule has 2 aromatic rings. The van der Waals surface area contributed by atoms with E-state index in [9.17, 15) is 0 Å². The molecule has 1 saturated carbocycles. The number of imidazole rings is 1. The highest BCUT2D eigenvalue weighted by Gasteiger charge is 2.34. The summed E-state index contributed by atoms with van der Waals surface area (Å²) in [5.74, 6) is 2.39. The number of nitrogens with one attached hydrogen (secondary N) is 1. The molecule has 1 N–H and O–H groups in total. The predicted molar refractivity (Wildman–Crippen MR) is 85.4 cm³/mol. The quantitative estimate of drug-likeness (QED) is 0.860. The molecule has 1 aliphatic rings. The van der Waals surface area contributed by atoms with Crippen LogP contribution < -0.4 is 5.32 Å². The second-order valence-electron chi connectivity index (χ2n) is 6.20. The summed E-state index contributed by atoms with van der Waals surface area (Å²) >= 11 is 6.29. The Kier molecular flexibility index (Phi) is 3.63. The maximum Gasteiger partial charge on any atom is 0.204 e. The Balaban J connectivity index is 1.89. The maximum absolute atomic E-state index is 6.29. The first kappa shape index (κ1) is 13.7. The van der Waals surface area contributed by atoms with Gasteiger partial charge < -0.3 is 9.88 Å². The van der Waals surface area contributed by atoms with E-state index in [4.69, 9.17) is 16.6 Å². The summed E-state index contributed by atoms with van der Waals surface area (Å²) in [6.45, 7) is 2.33. The van der Waals surface area contributed by atoms with Crippen LogP contribution >= 0.6 is 11.6 Å². The molecule has 0 radical (unpaired) electrons. The zero-order valence-corrected chi connectivity index (χ0v) is 13.0. The SMILES string of the molecule is CC1CCC(CCl)(Nc2nc3ccccc3n2C)CC1. The molecule has 20 heavy (non-hydrogen) atoms. The highest BCUT2D eigenvalue weighted by atomic mass is 35.5. The monoisotopic (exact) mass is 291 g/mol. The van der Waals surface area contributed by atoms with Gasteiger partial charge in [0.05, 0.1) is 16.6 Å². The number of halogens is 1. The van der Waals surface area contributed by atoms with Crippen LogP contribution in [-0.2, 0) is 7.05 Å². The number of alkyl halides is 1. The first-order valence-electron chi connectivity index (χ1n) is 7.39. The van der Waals surface area contributed by atoms with E-state index in [-0.39, 0.29) is 5.54 Å². The summed E-state index contributed by atoms with van der Waals surface area (Å²) < 4.78 is 2.13. The smallest absolute Gasteiger partial charge is 0.204 e. The fourth-order valence-electron chi connectivity index (χ4n) is 3.10. The van der Waals surface area contributed by atoms with Crippen molar-refractivity contribution in [2.24, 2.45) is 13.0 Å². The Bertz CT molecular complexity index is 597. The standard InChI is InChI=1S/C16H22ClN3/c1-12-7-9-16(11-17,10-8-12)19-15-18-13-5-3-4-6-14(13)20(15)2/h3-6,12H,7-11H2,1-2H3,(H,18,19). The molecule has 0 saturated heterocycles. The van der Waals surface area contributed by atoms with E-state index < -0.39 is 0 Å². The molecule has 0 aliphatic heterocycles.